The van der Waals surface area contributed by atoms with E-state index in [1.165, 1.54) is 21.9 Å². The van der Waals surface area contributed by atoms with Gasteiger partial charge < -0.3 is 14.2 Å². The Morgan fingerprint density at radius 3 is 1.47 bits per heavy atom. The zero-order chi connectivity index (χ0) is 32.6. The Kier molecular flexibility index (Phi) is 7.14. The second-order valence-corrected chi connectivity index (χ2v) is 12.2. The van der Waals surface area contributed by atoms with Crippen LogP contribution >= 0.6 is 0 Å². The molecule has 3 heteroatoms. The molecule has 3 nitrogen and oxygen atoms in total. The molecule has 0 aliphatic carbocycles. The third-order valence-electron chi connectivity index (χ3n) is 9.24. The largest absolute Gasteiger partial charge is 0.456 e. The maximum absolute atomic E-state index is 6.33. The molecule has 0 bridgehead atoms. The Balaban J connectivity index is 1.19. The van der Waals surface area contributed by atoms with Crippen LogP contribution in [0.4, 0.5) is 34.1 Å². The molecular formula is C46H32N2O. The molecule has 0 radical (unpaired) electrons. The van der Waals surface area contributed by atoms with Gasteiger partial charge in [0.05, 0.1) is 16.8 Å². The number of furan rings is 1. The van der Waals surface area contributed by atoms with Crippen molar-refractivity contribution >= 4 is 66.8 Å². The van der Waals surface area contributed by atoms with E-state index in [-0.39, 0.29) is 0 Å². The number of rotatable bonds is 7. The van der Waals surface area contributed by atoms with Crippen LogP contribution in [0, 0.1) is 0 Å². The predicted octanol–water partition coefficient (Wildman–Crippen LogP) is 13.3. The smallest absolute Gasteiger partial charge is 0.137 e. The standard InChI is InChI=1S/C46H32N2O/c1-4-15-34(16-5-1)47(35-17-6-2-7-18-35)37-29-27-33(28-30-37)38-31-32-42(40-22-11-10-21-39(38)40)48(36-19-8-3-9-20-36)43-24-14-26-45-46(43)41-23-12-13-25-44(41)49-45/h1-32H. The molecule has 0 aliphatic heterocycles. The summed E-state index contributed by atoms with van der Waals surface area (Å²) in [6, 6.07) is 68.5. The highest BCUT2D eigenvalue weighted by Crippen LogP contribution is 2.46. The number of para-hydroxylation sites is 4. The lowest BCUT2D eigenvalue weighted by atomic mass is 9.95. The van der Waals surface area contributed by atoms with E-state index >= 15 is 0 Å². The molecule has 49 heavy (non-hydrogen) atoms. The summed E-state index contributed by atoms with van der Waals surface area (Å²) in [5, 5.41) is 4.58. The molecule has 0 saturated carbocycles. The first-order valence-electron chi connectivity index (χ1n) is 16.6. The fourth-order valence-electron chi connectivity index (χ4n) is 7.05. The molecule has 0 fully saturated rings. The summed E-state index contributed by atoms with van der Waals surface area (Å²) >= 11 is 0. The molecule has 0 aliphatic rings. The highest BCUT2D eigenvalue weighted by Gasteiger charge is 2.21. The molecule has 8 aromatic carbocycles. The van der Waals surface area contributed by atoms with Crippen LogP contribution in [0.3, 0.4) is 0 Å². The van der Waals surface area contributed by atoms with Crippen molar-refractivity contribution in [3.8, 4) is 11.1 Å². The van der Waals surface area contributed by atoms with Gasteiger partial charge in [0.1, 0.15) is 11.2 Å². The summed E-state index contributed by atoms with van der Waals surface area (Å²) in [4.78, 5) is 4.67. The minimum Gasteiger partial charge on any atom is -0.456 e. The lowest BCUT2D eigenvalue weighted by molar-refractivity contribution is 0.669. The highest BCUT2D eigenvalue weighted by atomic mass is 16.3. The van der Waals surface area contributed by atoms with Crippen LogP contribution < -0.4 is 9.80 Å². The van der Waals surface area contributed by atoms with Crippen molar-refractivity contribution in [2.45, 2.75) is 0 Å². The van der Waals surface area contributed by atoms with Gasteiger partial charge in [-0.25, -0.2) is 0 Å². The van der Waals surface area contributed by atoms with Crippen molar-refractivity contribution in [2.75, 3.05) is 9.80 Å². The molecule has 0 amide bonds. The molecule has 0 N–H and O–H groups in total. The van der Waals surface area contributed by atoms with Gasteiger partial charge in [-0.05, 0) is 89.3 Å². The molecular weight excluding hydrogens is 597 g/mol. The van der Waals surface area contributed by atoms with Crippen molar-refractivity contribution < 1.29 is 4.42 Å². The lowest BCUT2D eigenvalue weighted by Crippen LogP contribution is -2.11. The van der Waals surface area contributed by atoms with Gasteiger partial charge in [0.15, 0.2) is 0 Å². The van der Waals surface area contributed by atoms with E-state index in [4.69, 9.17) is 4.42 Å². The monoisotopic (exact) mass is 628 g/mol. The van der Waals surface area contributed by atoms with Crippen LogP contribution in [0.2, 0.25) is 0 Å². The first-order chi connectivity index (χ1) is 24.3. The Morgan fingerprint density at radius 2 is 0.816 bits per heavy atom. The summed E-state index contributed by atoms with van der Waals surface area (Å²) in [5.41, 5.74) is 10.8. The first-order valence-corrected chi connectivity index (χ1v) is 16.6. The summed E-state index contributed by atoms with van der Waals surface area (Å²) in [7, 11) is 0. The van der Waals surface area contributed by atoms with E-state index in [1.54, 1.807) is 0 Å². The van der Waals surface area contributed by atoms with E-state index in [0.29, 0.717) is 0 Å². The zero-order valence-electron chi connectivity index (χ0n) is 26.8. The van der Waals surface area contributed by atoms with Gasteiger partial charge in [0.25, 0.3) is 0 Å². The second kappa shape index (κ2) is 12.2. The topological polar surface area (TPSA) is 19.6 Å². The van der Waals surface area contributed by atoms with Crippen molar-refractivity contribution in [1.82, 2.24) is 0 Å². The lowest BCUT2D eigenvalue weighted by Gasteiger charge is -2.28. The molecule has 1 heterocycles. The Labute approximate surface area is 285 Å². The number of nitrogens with zero attached hydrogens (tertiary/aromatic N) is 2. The van der Waals surface area contributed by atoms with Gasteiger partial charge in [0, 0.05) is 33.5 Å². The predicted molar refractivity (Wildman–Crippen MR) is 206 cm³/mol. The number of hydrogen-bond donors (Lipinski definition) is 0. The molecule has 9 rings (SSSR count). The van der Waals surface area contributed by atoms with Crippen molar-refractivity contribution in [3.05, 3.63) is 194 Å². The molecule has 9 aromatic rings. The summed E-state index contributed by atoms with van der Waals surface area (Å²) < 4.78 is 6.33. The minimum atomic E-state index is 0.876. The van der Waals surface area contributed by atoms with Gasteiger partial charge >= 0.3 is 0 Å². The summed E-state index contributed by atoms with van der Waals surface area (Å²) in [6.45, 7) is 0. The van der Waals surface area contributed by atoms with Gasteiger partial charge in [-0.15, -0.1) is 0 Å². The van der Waals surface area contributed by atoms with E-state index in [0.717, 1.165) is 56.1 Å². The molecule has 0 spiro atoms. The van der Waals surface area contributed by atoms with Crippen LogP contribution in [-0.2, 0) is 0 Å². The van der Waals surface area contributed by atoms with Crippen LogP contribution in [-0.4, -0.2) is 0 Å². The van der Waals surface area contributed by atoms with E-state index in [9.17, 15) is 0 Å². The molecule has 232 valence electrons. The summed E-state index contributed by atoms with van der Waals surface area (Å²) in [5.74, 6) is 0. The van der Waals surface area contributed by atoms with Crippen LogP contribution in [0.15, 0.2) is 199 Å². The maximum atomic E-state index is 6.33. The van der Waals surface area contributed by atoms with Gasteiger partial charge in [0.2, 0.25) is 0 Å². The number of anilines is 6. The van der Waals surface area contributed by atoms with Crippen LogP contribution in [0.25, 0.3) is 43.8 Å². The normalized spacial score (nSPS) is 11.3. The average Bonchev–Trinajstić information content (AvgIpc) is 3.56. The Hall–Kier alpha value is -6.58. The van der Waals surface area contributed by atoms with Crippen molar-refractivity contribution in [1.29, 1.82) is 0 Å². The van der Waals surface area contributed by atoms with Gasteiger partial charge in [-0.2, -0.15) is 0 Å². The third-order valence-corrected chi connectivity index (χ3v) is 9.24. The number of hydrogen-bond acceptors (Lipinski definition) is 3. The van der Waals surface area contributed by atoms with Gasteiger partial charge in [-0.1, -0.05) is 121 Å². The number of fused-ring (bicyclic) bond motifs is 4. The highest BCUT2D eigenvalue weighted by molar-refractivity contribution is 6.15. The second-order valence-electron chi connectivity index (χ2n) is 12.2. The summed E-state index contributed by atoms with van der Waals surface area (Å²) in [6.07, 6.45) is 0. The molecule has 0 atom stereocenters. The first kappa shape index (κ1) is 28.6. The minimum absolute atomic E-state index is 0.876. The van der Waals surface area contributed by atoms with Crippen molar-refractivity contribution in [3.63, 3.8) is 0 Å². The molecule has 0 saturated heterocycles. The Morgan fingerprint density at radius 1 is 0.306 bits per heavy atom. The van der Waals surface area contributed by atoms with Gasteiger partial charge in [-0.3, -0.25) is 0 Å². The molecule has 0 unspecified atom stereocenters. The van der Waals surface area contributed by atoms with Crippen LogP contribution in [0.1, 0.15) is 0 Å². The fraction of sp³-hybridized carbons (Fsp3) is 0. The third kappa shape index (κ3) is 5.09. The zero-order valence-corrected chi connectivity index (χ0v) is 26.8. The average molecular weight is 629 g/mol. The molecule has 1 aromatic heterocycles. The van der Waals surface area contributed by atoms with Crippen molar-refractivity contribution in [2.24, 2.45) is 0 Å². The quantitative estimate of drug-likeness (QED) is 0.175. The number of benzene rings is 8. The Bertz CT molecular complexity index is 2500. The fourth-order valence-corrected chi connectivity index (χ4v) is 7.05. The maximum Gasteiger partial charge on any atom is 0.137 e. The van der Waals surface area contributed by atoms with Crippen LogP contribution in [0.5, 0.6) is 0 Å². The van der Waals surface area contributed by atoms with E-state index in [1.807, 2.05) is 12.1 Å². The SMILES string of the molecule is c1ccc(N(c2ccccc2)c2ccc(-c3ccc(N(c4ccccc4)c4cccc5oc6ccccc6c45)c4ccccc34)cc2)cc1. The van der Waals surface area contributed by atoms with E-state index < -0.39 is 0 Å². The van der Waals surface area contributed by atoms with E-state index in [2.05, 4.69) is 192 Å².